The highest BCUT2D eigenvalue weighted by molar-refractivity contribution is 7.13. The molecule has 9 rings (SSSR count). The van der Waals surface area contributed by atoms with Crippen molar-refractivity contribution in [3.05, 3.63) is 82.8 Å². The number of likely N-dealkylation sites (N-methyl/N-ethyl adjacent to an activating group) is 1. The van der Waals surface area contributed by atoms with Crippen LogP contribution in [0.4, 0.5) is 22.1 Å². The number of hydrogen-bond acceptors (Lipinski definition) is 13. The molecule has 7 atom stereocenters. The van der Waals surface area contributed by atoms with Crippen LogP contribution in [-0.2, 0) is 19.2 Å². The number of piperidine rings is 2. The average Bonchev–Trinajstić information content (AvgIpc) is 4.24. The van der Waals surface area contributed by atoms with Gasteiger partial charge < -0.3 is 51.3 Å². The molecule has 406 valence electrons. The number of anilines is 3. The van der Waals surface area contributed by atoms with Crippen LogP contribution >= 0.6 is 11.3 Å². The van der Waals surface area contributed by atoms with Crippen molar-refractivity contribution in [2.75, 3.05) is 63.1 Å². The summed E-state index contributed by atoms with van der Waals surface area (Å²) in [4.78, 5) is 105. The van der Waals surface area contributed by atoms with Crippen LogP contribution in [0.15, 0.2) is 60.2 Å². The van der Waals surface area contributed by atoms with E-state index in [0.29, 0.717) is 57.8 Å². The number of nitrogens with one attached hydrogen (secondary N) is 3. The molecule has 4 aliphatic heterocycles. The van der Waals surface area contributed by atoms with Gasteiger partial charge >= 0.3 is 6.03 Å². The van der Waals surface area contributed by atoms with Crippen molar-refractivity contribution in [2.45, 2.75) is 129 Å². The summed E-state index contributed by atoms with van der Waals surface area (Å²) in [6, 6.07) is 13.9. The van der Waals surface area contributed by atoms with E-state index in [1.165, 1.54) is 4.90 Å². The fourth-order valence-electron chi connectivity index (χ4n) is 11.8. The van der Waals surface area contributed by atoms with E-state index in [0.717, 1.165) is 71.6 Å². The number of nitrogens with two attached hydrogens (primary N) is 1. The molecule has 4 saturated heterocycles. The van der Waals surface area contributed by atoms with Gasteiger partial charge in [-0.1, -0.05) is 57.2 Å². The van der Waals surface area contributed by atoms with Gasteiger partial charge in [0, 0.05) is 77.3 Å². The first-order valence-corrected chi connectivity index (χ1v) is 27.9. The number of likely N-dealkylation sites (tertiary alicyclic amines) is 2. The number of thiazole rings is 1. The first-order chi connectivity index (χ1) is 36.3. The molecule has 7 amide bonds. The Hall–Kier alpha value is -6.67. The molecule has 19 nitrogen and oxygen atoms in total. The Morgan fingerprint density at radius 3 is 2.26 bits per heavy atom. The Morgan fingerprint density at radius 1 is 0.868 bits per heavy atom. The van der Waals surface area contributed by atoms with Gasteiger partial charge in [-0.05, 0) is 105 Å². The average molecular weight is 1060 g/mol. The number of hydrogen-bond donors (Lipinski definition) is 5. The number of amides is 7. The van der Waals surface area contributed by atoms with Gasteiger partial charge in [0.2, 0.25) is 23.6 Å². The van der Waals surface area contributed by atoms with Crippen LogP contribution < -0.4 is 26.6 Å². The molecular weight excluding hydrogens is 985 g/mol. The number of rotatable bonds is 15. The van der Waals surface area contributed by atoms with Gasteiger partial charge in [0.25, 0.3) is 5.91 Å². The molecule has 0 radical (unpaired) electrons. The van der Waals surface area contributed by atoms with E-state index in [1.54, 1.807) is 22.4 Å². The smallest absolute Gasteiger partial charge is 0.320 e. The number of aromatic nitrogens is 3. The Bertz CT molecular complexity index is 2780. The first kappa shape index (κ1) is 54.1. The first-order valence-electron chi connectivity index (χ1n) is 27.0. The van der Waals surface area contributed by atoms with Crippen molar-refractivity contribution in [3.8, 4) is 10.4 Å². The Morgan fingerprint density at radius 2 is 1.61 bits per heavy atom. The number of β-amino-alcohol motifs (C(OH)–C–C–N with tert-alkyl or cyclic N) is 1. The zero-order valence-corrected chi connectivity index (χ0v) is 45.5. The van der Waals surface area contributed by atoms with Gasteiger partial charge in [0.05, 0.1) is 40.5 Å². The van der Waals surface area contributed by atoms with Gasteiger partial charge in [-0.3, -0.25) is 24.0 Å². The maximum atomic E-state index is 14.4. The van der Waals surface area contributed by atoms with E-state index in [1.807, 2.05) is 93.4 Å². The molecule has 2 aromatic heterocycles. The zero-order valence-electron chi connectivity index (χ0n) is 44.7. The second kappa shape index (κ2) is 22.9. The van der Waals surface area contributed by atoms with Crippen LogP contribution in [0.25, 0.3) is 10.4 Å². The third-order valence-corrected chi connectivity index (χ3v) is 17.3. The number of carbonyl (C=O) groups is 6. The molecule has 6 N–H and O–H groups in total. The molecule has 4 aromatic rings. The van der Waals surface area contributed by atoms with Crippen LogP contribution in [0.1, 0.15) is 125 Å². The highest BCUT2D eigenvalue weighted by atomic mass is 32.1. The summed E-state index contributed by atoms with van der Waals surface area (Å²) in [7, 11) is 1.82. The molecule has 0 bridgehead atoms. The highest BCUT2D eigenvalue weighted by Crippen LogP contribution is 2.37. The standard InChI is InChI=1S/C56H74N12O7S/c1-33(36-11-13-39(14-12-36)48-34(2)59-32-76-48)60-53(73)44-28-43(69)31-68(44)54(74)49(56(3,4)5)63-52(72)40-10-9-35(26-40)27-46(70)65-22-19-38(20-23-65)37-15-17-41(18-16-37)61-51-47(50(57)71)58-29-45(62-51)66-21-7-8-42(30-66)67-25-24-64(6)55(67)75/h11-18,29,32-33,35,38,40,42-44,49,69H,7-10,19-28,30-31H2,1-6H3,(H2,57,71)(H,60,73)(H,61,62)(H,63,72)/t33-,35?,40?,42+,43+,44-,49+/m0/s1. The number of aliphatic hydroxyl groups excluding tert-OH is 1. The van der Waals surface area contributed by atoms with E-state index in [-0.39, 0.29) is 78.1 Å². The lowest BCUT2D eigenvalue weighted by molar-refractivity contribution is -0.144. The number of carbonyl (C=O) groups excluding carboxylic acids is 6. The van der Waals surface area contributed by atoms with E-state index in [9.17, 15) is 33.9 Å². The van der Waals surface area contributed by atoms with Crippen molar-refractivity contribution >= 4 is 64.2 Å². The number of aryl methyl sites for hydroxylation is 1. The lowest BCUT2D eigenvalue weighted by Crippen LogP contribution is -2.58. The van der Waals surface area contributed by atoms with Crippen LogP contribution in [0, 0.1) is 24.2 Å². The van der Waals surface area contributed by atoms with E-state index in [4.69, 9.17) is 10.7 Å². The minimum atomic E-state index is -0.938. The van der Waals surface area contributed by atoms with Gasteiger partial charge in [-0.2, -0.15) is 0 Å². The summed E-state index contributed by atoms with van der Waals surface area (Å²) < 4.78 is 0. The summed E-state index contributed by atoms with van der Waals surface area (Å²) in [6.07, 6.45) is 6.46. The quantitative estimate of drug-likeness (QED) is 0.0926. The fourth-order valence-corrected chi connectivity index (χ4v) is 12.6. The Kier molecular flexibility index (Phi) is 16.3. The third-order valence-electron chi connectivity index (χ3n) is 16.3. The zero-order chi connectivity index (χ0) is 54.0. The number of urea groups is 1. The third kappa shape index (κ3) is 12.1. The highest BCUT2D eigenvalue weighted by Gasteiger charge is 2.46. The SMILES string of the molecule is Cc1ncsc1-c1ccc([C@H](C)NC(=O)[C@@H]2C[C@@H](O)CN2C(=O)[C@@H](NC(=O)C2CCC(CC(=O)N3CCC(c4ccc(Nc5nc(N6CCC[C@@H](N7CCN(C)C7=O)C6)cnc5C(N)=O)cc4)CC3)C2)C(C)(C)C)cc1. The van der Waals surface area contributed by atoms with Crippen LogP contribution in [0.3, 0.4) is 0 Å². The number of aliphatic hydroxyl groups is 1. The minimum Gasteiger partial charge on any atom is -0.391 e. The van der Waals surface area contributed by atoms with Crippen LogP contribution in [-0.4, -0.2) is 152 Å². The molecular formula is C56H74N12O7S. The summed E-state index contributed by atoms with van der Waals surface area (Å²) in [5.41, 5.74) is 11.7. The van der Waals surface area contributed by atoms with Crippen molar-refractivity contribution in [3.63, 3.8) is 0 Å². The number of benzene rings is 2. The van der Waals surface area contributed by atoms with Gasteiger partial charge in [0.1, 0.15) is 17.9 Å². The topological polar surface area (TPSA) is 240 Å². The Labute approximate surface area is 449 Å². The molecule has 1 aliphatic carbocycles. The lowest BCUT2D eigenvalue weighted by atomic mass is 9.85. The number of primary amides is 1. The molecule has 6 heterocycles. The molecule has 0 spiro atoms. The summed E-state index contributed by atoms with van der Waals surface area (Å²) >= 11 is 1.58. The monoisotopic (exact) mass is 1060 g/mol. The molecule has 2 unspecified atom stereocenters. The van der Waals surface area contributed by atoms with E-state index in [2.05, 4.69) is 43.0 Å². The van der Waals surface area contributed by atoms with Crippen molar-refractivity contribution in [1.82, 2.24) is 45.2 Å². The van der Waals surface area contributed by atoms with E-state index < -0.39 is 35.4 Å². The second-order valence-electron chi connectivity index (χ2n) is 22.7. The Balaban J connectivity index is 0.739. The largest absolute Gasteiger partial charge is 0.391 e. The number of nitrogens with zero attached hydrogens (tertiary/aromatic N) is 8. The predicted molar refractivity (Wildman–Crippen MR) is 291 cm³/mol. The van der Waals surface area contributed by atoms with Crippen LogP contribution in [0.2, 0.25) is 0 Å². The van der Waals surface area contributed by atoms with Gasteiger partial charge in [-0.15, -0.1) is 11.3 Å². The lowest BCUT2D eigenvalue weighted by Gasteiger charge is -2.37. The fraction of sp³-hybridized carbons (Fsp3) is 0.554. The summed E-state index contributed by atoms with van der Waals surface area (Å²) in [6.45, 7) is 13.5. The minimum absolute atomic E-state index is 0.0121. The van der Waals surface area contributed by atoms with Crippen molar-refractivity contribution in [2.24, 2.45) is 23.0 Å². The van der Waals surface area contributed by atoms with Crippen molar-refractivity contribution in [1.29, 1.82) is 0 Å². The maximum Gasteiger partial charge on any atom is 0.320 e. The van der Waals surface area contributed by atoms with E-state index >= 15 is 0 Å². The summed E-state index contributed by atoms with van der Waals surface area (Å²) in [5, 5.41) is 20.2. The summed E-state index contributed by atoms with van der Waals surface area (Å²) in [5.74, 6) is -0.777. The molecule has 1 saturated carbocycles. The molecule has 2 aromatic carbocycles. The molecule has 20 heteroatoms. The predicted octanol–water partition coefficient (Wildman–Crippen LogP) is 5.97. The maximum absolute atomic E-state index is 14.4. The second-order valence-corrected chi connectivity index (χ2v) is 23.6. The van der Waals surface area contributed by atoms with Crippen LogP contribution in [0.5, 0.6) is 0 Å². The molecule has 5 fully saturated rings. The van der Waals surface area contributed by atoms with Gasteiger partial charge in [-0.25, -0.2) is 19.7 Å². The van der Waals surface area contributed by atoms with Crippen molar-refractivity contribution < 1.29 is 33.9 Å². The molecule has 76 heavy (non-hydrogen) atoms. The normalized spacial score (nSPS) is 23.2. The molecule has 5 aliphatic rings. The van der Waals surface area contributed by atoms with Gasteiger partial charge in [0.15, 0.2) is 11.5 Å².